The van der Waals surface area contributed by atoms with Gasteiger partial charge in [-0.15, -0.1) is 0 Å². The molecule has 2 rings (SSSR count). The molecule has 0 saturated carbocycles. The smallest absolute Gasteiger partial charge is 0.271 e. The molecule has 7 nitrogen and oxygen atoms in total. The van der Waals surface area contributed by atoms with E-state index in [-0.39, 0.29) is 5.91 Å². The highest BCUT2D eigenvalue weighted by Gasteiger charge is 2.14. The normalized spacial score (nSPS) is 10.5. The minimum Gasteiger partial charge on any atom is -0.494 e. The minimum atomic E-state index is -0.330. The van der Waals surface area contributed by atoms with E-state index in [2.05, 4.69) is 10.5 Å². The lowest BCUT2D eigenvalue weighted by atomic mass is 10.2. The van der Waals surface area contributed by atoms with Gasteiger partial charge in [-0.1, -0.05) is 0 Å². The summed E-state index contributed by atoms with van der Waals surface area (Å²) in [6, 6.07) is 10.3. The van der Waals surface area contributed by atoms with Crippen LogP contribution < -0.4 is 24.4 Å². The van der Waals surface area contributed by atoms with Crippen LogP contribution in [-0.2, 0) is 0 Å². The van der Waals surface area contributed by atoms with Gasteiger partial charge in [0.05, 0.1) is 34.2 Å². The van der Waals surface area contributed by atoms with Crippen LogP contribution in [0.25, 0.3) is 0 Å². The van der Waals surface area contributed by atoms with Crippen molar-refractivity contribution in [1.82, 2.24) is 5.43 Å². The maximum absolute atomic E-state index is 12.1. The molecule has 138 valence electrons. The van der Waals surface area contributed by atoms with E-state index in [4.69, 9.17) is 18.9 Å². The van der Waals surface area contributed by atoms with Crippen molar-refractivity contribution >= 4 is 12.1 Å². The number of amides is 1. The standard InChI is InChI=1S/C19H22N2O5/c1-5-26-15-9-6-13(7-10-15)19(22)21-20-12-14-8-11-16(23-2)18(25-4)17(14)24-3/h6-12H,5H2,1-4H3,(H,21,22)/b20-12+. The first-order valence-corrected chi connectivity index (χ1v) is 7.99. The highest BCUT2D eigenvalue weighted by molar-refractivity contribution is 5.95. The Kier molecular flexibility index (Phi) is 6.84. The topological polar surface area (TPSA) is 78.4 Å². The zero-order valence-corrected chi connectivity index (χ0v) is 15.2. The fourth-order valence-electron chi connectivity index (χ4n) is 2.32. The SMILES string of the molecule is CCOc1ccc(C(=O)N/N=C/c2ccc(OC)c(OC)c2OC)cc1. The van der Waals surface area contributed by atoms with Crippen molar-refractivity contribution in [3.8, 4) is 23.0 Å². The number of carbonyl (C=O) groups is 1. The number of hydrogen-bond donors (Lipinski definition) is 1. The van der Waals surface area contributed by atoms with Crippen LogP contribution in [0.2, 0.25) is 0 Å². The van der Waals surface area contributed by atoms with Crippen molar-refractivity contribution in [3.63, 3.8) is 0 Å². The van der Waals surface area contributed by atoms with Crippen molar-refractivity contribution < 1.29 is 23.7 Å². The third-order valence-corrected chi connectivity index (χ3v) is 3.53. The van der Waals surface area contributed by atoms with Crippen LogP contribution in [0.1, 0.15) is 22.8 Å². The molecule has 0 unspecified atom stereocenters. The lowest BCUT2D eigenvalue weighted by Crippen LogP contribution is -2.17. The molecule has 0 aliphatic rings. The lowest BCUT2D eigenvalue weighted by molar-refractivity contribution is 0.0955. The molecule has 0 fully saturated rings. The van der Waals surface area contributed by atoms with Gasteiger partial charge in [0, 0.05) is 11.1 Å². The highest BCUT2D eigenvalue weighted by Crippen LogP contribution is 2.38. The fraction of sp³-hybridized carbons (Fsp3) is 0.263. The summed E-state index contributed by atoms with van der Waals surface area (Å²) in [7, 11) is 4.59. The highest BCUT2D eigenvalue weighted by atomic mass is 16.5. The monoisotopic (exact) mass is 358 g/mol. The summed E-state index contributed by atoms with van der Waals surface area (Å²) in [6.07, 6.45) is 1.48. The van der Waals surface area contributed by atoms with Crippen LogP contribution in [0.4, 0.5) is 0 Å². The third-order valence-electron chi connectivity index (χ3n) is 3.53. The Morgan fingerprint density at radius 3 is 2.27 bits per heavy atom. The van der Waals surface area contributed by atoms with Gasteiger partial charge in [-0.2, -0.15) is 5.10 Å². The molecule has 0 bridgehead atoms. The molecule has 26 heavy (non-hydrogen) atoms. The molecule has 1 N–H and O–H groups in total. The van der Waals surface area contributed by atoms with Gasteiger partial charge in [-0.05, 0) is 43.3 Å². The minimum absolute atomic E-state index is 0.330. The van der Waals surface area contributed by atoms with Crippen LogP contribution in [0.15, 0.2) is 41.5 Å². The van der Waals surface area contributed by atoms with Gasteiger partial charge in [0.1, 0.15) is 5.75 Å². The van der Waals surface area contributed by atoms with Crippen LogP contribution in [0.5, 0.6) is 23.0 Å². The number of nitrogens with zero attached hydrogens (tertiary/aromatic N) is 1. The lowest BCUT2D eigenvalue weighted by Gasteiger charge is -2.13. The average Bonchev–Trinajstić information content (AvgIpc) is 2.68. The Balaban J connectivity index is 2.11. The van der Waals surface area contributed by atoms with E-state index in [1.54, 1.807) is 43.5 Å². The Bertz CT molecular complexity index is 772. The summed E-state index contributed by atoms with van der Waals surface area (Å²) < 4.78 is 21.3. The van der Waals surface area contributed by atoms with Crippen molar-refractivity contribution in [1.29, 1.82) is 0 Å². The summed E-state index contributed by atoms with van der Waals surface area (Å²) in [5.41, 5.74) is 3.59. The Morgan fingerprint density at radius 2 is 1.69 bits per heavy atom. The van der Waals surface area contributed by atoms with Crippen LogP contribution in [-0.4, -0.2) is 40.1 Å². The second-order valence-electron chi connectivity index (χ2n) is 5.08. The maximum Gasteiger partial charge on any atom is 0.271 e. The molecular formula is C19H22N2O5. The van der Waals surface area contributed by atoms with Crippen LogP contribution in [0, 0.1) is 0 Å². The van der Waals surface area contributed by atoms with Gasteiger partial charge < -0.3 is 18.9 Å². The molecule has 0 saturated heterocycles. The second-order valence-corrected chi connectivity index (χ2v) is 5.08. The first kappa shape index (κ1) is 19.1. The zero-order valence-electron chi connectivity index (χ0n) is 15.2. The zero-order chi connectivity index (χ0) is 18.9. The number of methoxy groups -OCH3 is 3. The third kappa shape index (κ3) is 4.44. The number of nitrogens with one attached hydrogen (secondary N) is 1. The first-order valence-electron chi connectivity index (χ1n) is 7.99. The largest absolute Gasteiger partial charge is 0.494 e. The summed E-state index contributed by atoms with van der Waals surface area (Å²) in [4.78, 5) is 12.1. The van der Waals surface area contributed by atoms with E-state index in [9.17, 15) is 4.79 Å². The molecule has 0 aliphatic carbocycles. The fourth-order valence-corrected chi connectivity index (χ4v) is 2.32. The van der Waals surface area contributed by atoms with Crippen molar-refractivity contribution in [3.05, 3.63) is 47.5 Å². The Morgan fingerprint density at radius 1 is 1.00 bits per heavy atom. The summed E-state index contributed by atoms with van der Waals surface area (Å²) in [6.45, 7) is 2.47. The molecule has 0 spiro atoms. The van der Waals surface area contributed by atoms with Crippen molar-refractivity contribution in [2.24, 2.45) is 5.10 Å². The van der Waals surface area contributed by atoms with Crippen molar-refractivity contribution in [2.45, 2.75) is 6.92 Å². The second kappa shape index (κ2) is 9.31. The van der Waals surface area contributed by atoms with E-state index in [0.29, 0.717) is 40.7 Å². The van der Waals surface area contributed by atoms with Gasteiger partial charge in [0.2, 0.25) is 5.75 Å². The Labute approximate surface area is 152 Å². The van der Waals surface area contributed by atoms with Gasteiger partial charge in [-0.3, -0.25) is 4.79 Å². The van der Waals surface area contributed by atoms with Crippen LogP contribution in [0.3, 0.4) is 0 Å². The number of hydrazone groups is 1. The molecule has 2 aromatic rings. The Hall–Kier alpha value is -3.22. The molecule has 0 aromatic heterocycles. The molecule has 7 heteroatoms. The number of benzene rings is 2. The summed E-state index contributed by atoms with van der Waals surface area (Å²) >= 11 is 0. The predicted octanol–water partition coefficient (Wildman–Crippen LogP) is 2.88. The number of rotatable bonds is 8. The number of ether oxygens (including phenoxy) is 4. The first-order chi connectivity index (χ1) is 12.6. The number of hydrogen-bond acceptors (Lipinski definition) is 6. The van der Waals surface area contributed by atoms with E-state index in [1.165, 1.54) is 20.4 Å². The van der Waals surface area contributed by atoms with Crippen molar-refractivity contribution in [2.75, 3.05) is 27.9 Å². The molecule has 0 heterocycles. The quantitative estimate of drug-likeness (QED) is 0.580. The summed E-state index contributed by atoms with van der Waals surface area (Å²) in [5, 5.41) is 3.98. The van der Waals surface area contributed by atoms with Gasteiger partial charge >= 0.3 is 0 Å². The van der Waals surface area contributed by atoms with Gasteiger partial charge in [-0.25, -0.2) is 5.43 Å². The summed E-state index contributed by atoms with van der Waals surface area (Å²) in [5.74, 6) is 1.84. The molecule has 0 radical (unpaired) electrons. The van der Waals surface area contributed by atoms with Crippen LogP contribution >= 0.6 is 0 Å². The maximum atomic E-state index is 12.1. The predicted molar refractivity (Wildman–Crippen MR) is 98.8 cm³/mol. The van der Waals surface area contributed by atoms with E-state index < -0.39 is 0 Å². The molecule has 1 amide bonds. The molecule has 0 aliphatic heterocycles. The van der Waals surface area contributed by atoms with E-state index in [1.807, 2.05) is 6.92 Å². The van der Waals surface area contributed by atoms with Gasteiger partial charge in [0.25, 0.3) is 5.91 Å². The number of carbonyl (C=O) groups excluding carboxylic acids is 1. The molecule has 0 atom stereocenters. The molecular weight excluding hydrogens is 336 g/mol. The van der Waals surface area contributed by atoms with Gasteiger partial charge in [0.15, 0.2) is 11.5 Å². The van der Waals surface area contributed by atoms with E-state index >= 15 is 0 Å². The molecule has 2 aromatic carbocycles. The van der Waals surface area contributed by atoms with E-state index in [0.717, 1.165) is 0 Å². The average molecular weight is 358 g/mol.